The zero-order valence-corrected chi connectivity index (χ0v) is 21.6. The quantitative estimate of drug-likeness (QED) is 0.252. The number of allylic oxidation sites excluding steroid dienone is 1. The maximum absolute atomic E-state index is 12.9. The van der Waals surface area contributed by atoms with E-state index in [0.717, 1.165) is 36.9 Å². The van der Waals surface area contributed by atoms with Gasteiger partial charge in [-0.1, -0.05) is 35.9 Å². The molecule has 0 radical (unpaired) electrons. The number of hydrogen-bond acceptors (Lipinski definition) is 6. The van der Waals surface area contributed by atoms with Crippen LogP contribution in [-0.4, -0.2) is 48.3 Å². The molecule has 0 fully saturated rings. The average Bonchev–Trinajstić information content (AvgIpc) is 3.15. The number of nitrogens with one attached hydrogen (secondary N) is 2. The third kappa shape index (κ3) is 6.95. The summed E-state index contributed by atoms with van der Waals surface area (Å²) in [5.41, 5.74) is 4.41. The lowest BCUT2D eigenvalue weighted by Gasteiger charge is -2.15. The zero-order chi connectivity index (χ0) is 26.1. The van der Waals surface area contributed by atoms with Gasteiger partial charge in [0.2, 0.25) is 5.91 Å². The first-order chi connectivity index (χ1) is 17.3. The number of anilines is 2. The van der Waals surface area contributed by atoms with E-state index in [-0.39, 0.29) is 24.2 Å². The highest BCUT2D eigenvalue weighted by Crippen LogP contribution is 2.33. The van der Waals surface area contributed by atoms with Crippen LogP contribution in [0.15, 0.2) is 54.7 Å². The molecular formula is C28H36N4O4. The molecule has 3 aromatic rings. The van der Waals surface area contributed by atoms with Crippen molar-refractivity contribution in [1.29, 1.82) is 0 Å². The van der Waals surface area contributed by atoms with Crippen molar-refractivity contribution in [2.45, 2.75) is 52.1 Å². The maximum atomic E-state index is 12.9. The van der Waals surface area contributed by atoms with Gasteiger partial charge < -0.3 is 24.7 Å². The topological polar surface area (TPSA) is 94.5 Å². The zero-order valence-electron chi connectivity index (χ0n) is 21.6. The second kappa shape index (κ2) is 12.9. The van der Waals surface area contributed by atoms with Crippen molar-refractivity contribution in [3.05, 3.63) is 66.0 Å². The minimum Gasteiger partial charge on any atom is -0.464 e. The van der Waals surface area contributed by atoms with E-state index in [1.165, 1.54) is 19.8 Å². The average molecular weight is 493 g/mol. The monoisotopic (exact) mass is 492 g/mol. The molecule has 1 unspecified atom stereocenters. The second-order valence-electron chi connectivity index (χ2n) is 9.07. The Morgan fingerprint density at radius 2 is 1.94 bits per heavy atom. The number of carbonyl (C=O) groups is 2. The number of methoxy groups -OCH3 is 2. The summed E-state index contributed by atoms with van der Waals surface area (Å²) in [6.07, 6.45) is 5.23. The van der Waals surface area contributed by atoms with Gasteiger partial charge in [0.1, 0.15) is 12.3 Å². The van der Waals surface area contributed by atoms with Crippen LogP contribution in [-0.2, 0) is 27.2 Å². The minimum absolute atomic E-state index is 0.134. The summed E-state index contributed by atoms with van der Waals surface area (Å²) in [7, 11) is 2.78. The molecule has 0 aliphatic carbocycles. The van der Waals surface area contributed by atoms with Crippen LogP contribution in [0, 0.1) is 0 Å². The summed E-state index contributed by atoms with van der Waals surface area (Å²) in [5, 5.41) is 6.98. The van der Waals surface area contributed by atoms with Crippen LogP contribution in [0.3, 0.4) is 0 Å². The number of amides is 1. The van der Waals surface area contributed by atoms with Crippen LogP contribution in [0.25, 0.3) is 11.0 Å². The minimum atomic E-state index is -0.537. The summed E-state index contributed by atoms with van der Waals surface area (Å²) in [6.45, 7) is 8.49. The number of nitrogens with zero attached hydrogens (tertiary/aromatic N) is 2. The number of esters is 1. The normalized spacial score (nSPS) is 11.8. The first kappa shape index (κ1) is 26.9. The van der Waals surface area contributed by atoms with Gasteiger partial charge in [0, 0.05) is 25.1 Å². The summed E-state index contributed by atoms with van der Waals surface area (Å²) < 4.78 is 11.9. The molecule has 0 saturated heterocycles. The molecule has 2 heterocycles. The Morgan fingerprint density at radius 3 is 2.61 bits per heavy atom. The van der Waals surface area contributed by atoms with Crippen molar-refractivity contribution < 1.29 is 19.1 Å². The van der Waals surface area contributed by atoms with Crippen molar-refractivity contribution in [3.8, 4) is 0 Å². The highest BCUT2D eigenvalue weighted by atomic mass is 16.5. The van der Waals surface area contributed by atoms with E-state index in [9.17, 15) is 9.59 Å². The first-order valence-electron chi connectivity index (χ1n) is 12.2. The van der Waals surface area contributed by atoms with Crippen LogP contribution >= 0.6 is 0 Å². The first-order valence-corrected chi connectivity index (χ1v) is 12.2. The van der Waals surface area contributed by atoms with Crippen molar-refractivity contribution in [3.63, 3.8) is 0 Å². The summed E-state index contributed by atoms with van der Waals surface area (Å²) in [5.74, 6) is -0.899. The summed E-state index contributed by atoms with van der Waals surface area (Å²) >= 11 is 0. The molecule has 0 saturated carbocycles. The van der Waals surface area contributed by atoms with Crippen LogP contribution in [0.1, 0.15) is 49.2 Å². The van der Waals surface area contributed by atoms with E-state index in [2.05, 4.69) is 36.3 Å². The standard InChI is InChI=1S/C28H36N4O4/c1-19(2)13-14-20(3)30-22-16-23-25(31-24(33)18-35-4)26(28(34)36-5)32(27(23)29-17-22)15-9-12-21-10-7-6-8-11-21/h6-8,10-11,16-17,20,30H,1,9,12-15,18H2,2-5H3,(H,31,33). The summed E-state index contributed by atoms with van der Waals surface area (Å²) in [4.78, 5) is 30.1. The maximum Gasteiger partial charge on any atom is 0.356 e. The number of hydrogen-bond donors (Lipinski definition) is 2. The molecule has 1 aromatic carbocycles. The van der Waals surface area contributed by atoms with E-state index >= 15 is 0 Å². The largest absolute Gasteiger partial charge is 0.464 e. The highest BCUT2D eigenvalue weighted by Gasteiger charge is 2.26. The Balaban J connectivity index is 2.00. The van der Waals surface area contributed by atoms with E-state index in [4.69, 9.17) is 14.5 Å². The van der Waals surface area contributed by atoms with Crippen molar-refractivity contribution >= 4 is 34.3 Å². The molecule has 2 aromatic heterocycles. The van der Waals surface area contributed by atoms with Crippen LogP contribution < -0.4 is 10.6 Å². The molecule has 8 heteroatoms. The molecule has 0 aliphatic rings. The van der Waals surface area contributed by atoms with Gasteiger partial charge >= 0.3 is 5.97 Å². The second-order valence-corrected chi connectivity index (χ2v) is 9.07. The van der Waals surface area contributed by atoms with Crippen LogP contribution in [0.2, 0.25) is 0 Å². The lowest BCUT2D eigenvalue weighted by Crippen LogP contribution is -2.20. The molecular weight excluding hydrogens is 456 g/mol. The Labute approximate surface area is 212 Å². The van der Waals surface area contributed by atoms with Gasteiger partial charge in [0.05, 0.1) is 24.7 Å². The van der Waals surface area contributed by atoms with Gasteiger partial charge in [-0.05, 0) is 51.2 Å². The van der Waals surface area contributed by atoms with Gasteiger partial charge in [0.15, 0.2) is 5.69 Å². The van der Waals surface area contributed by atoms with Gasteiger partial charge in [-0.25, -0.2) is 9.78 Å². The fourth-order valence-electron chi connectivity index (χ4n) is 4.17. The molecule has 0 bridgehead atoms. The summed E-state index contributed by atoms with van der Waals surface area (Å²) in [6, 6.07) is 12.3. The Morgan fingerprint density at radius 1 is 1.19 bits per heavy atom. The smallest absolute Gasteiger partial charge is 0.356 e. The molecule has 192 valence electrons. The van der Waals surface area contributed by atoms with Crippen LogP contribution in [0.4, 0.5) is 11.4 Å². The number of rotatable bonds is 13. The third-order valence-electron chi connectivity index (χ3n) is 5.92. The number of carbonyl (C=O) groups excluding carboxylic acids is 2. The molecule has 3 rings (SSSR count). The van der Waals surface area contributed by atoms with Gasteiger partial charge in [-0.15, -0.1) is 6.58 Å². The highest BCUT2D eigenvalue weighted by molar-refractivity contribution is 6.11. The van der Waals surface area contributed by atoms with Crippen molar-refractivity contribution in [2.75, 3.05) is 31.5 Å². The van der Waals surface area contributed by atoms with Crippen molar-refractivity contribution in [1.82, 2.24) is 9.55 Å². The molecule has 1 amide bonds. The fraction of sp³-hybridized carbons (Fsp3) is 0.393. The third-order valence-corrected chi connectivity index (χ3v) is 5.92. The lowest BCUT2D eigenvalue weighted by atomic mass is 10.1. The lowest BCUT2D eigenvalue weighted by molar-refractivity contribution is -0.119. The Kier molecular flexibility index (Phi) is 9.64. The fourth-order valence-corrected chi connectivity index (χ4v) is 4.17. The molecule has 2 N–H and O–H groups in total. The Bertz CT molecular complexity index is 1200. The molecule has 36 heavy (non-hydrogen) atoms. The number of ether oxygens (including phenoxy) is 2. The predicted octanol–water partition coefficient (Wildman–Crippen LogP) is 5.20. The number of aryl methyl sites for hydroxylation is 2. The Hall–Kier alpha value is -3.65. The van der Waals surface area contributed by atoms with Gasteiger partial charge in [-0.3, -0.25) is 4.79 Å². The molecule has 0 spiro atoms. The predicted molar refractivity (Wildman–Crippen MR) is 143 cm³/mol. The van der Waals surface area contributed by atoms with Gasteiger partial charge in [0.25, 0.3) is 0 Å². The van der Waals surface area contributed by atoms with Gasteiger partial charge in [-0.2, -0.15) is 0 Å². The SMILES string of the molecule is C=C(C)CCC(C)Nc1cnc2c(c1)c(NC(=O)COC)c(C(=O)OC)n2CCCc1ccccc1. The van der Waals surface area contributed by atoms with E-state index in [1.54, 1.807) is 6.20 Å². The number of benzene rings is 1. The number of pyridine rings is 1. The molecule has 1 atom stereocenters. The van der Waals surface area contributed by atoms with Crippen LogP contribution in [0.5, 0.6) is 0 Å². The van der Waals surface area contributed by atoms with Crippen molar-refractivity contribution in [2.24, 2.45) is 0 Å². The van der Waals surface area contributed by atoms with E-state index in [0.29, 0.717) is 23.3 Å². The van der Waals surface area contributed by atoms with E-state index in [1.807, 2.05) is 35.8 Å². The van der Waals surface area contributed by atoms with E-state index < -0.39 is 5.97 Å². The number of aromatic nitrogens is 2. The molecule has 0 aliphatic heterocycles. The number of fused-ring (bicyclic) bond motifs is 1. The molecule has 8 nitrogen and oxygen atoms in total.